The van der Waals surface area contributed by atoms with E-state index in [4.69, 9.17) is 4.74 Å². The van der Waals surface area contributed by atoms with Gasteiger partial charge < -0.3 is 15.0 Å². The van der Waals surface area contributed by atoms with Crippen molar-refractivity contribution < 1.29 is 22.7 Å². The first kappa shape index (κ1) is 25.8. The van der Waals surface area contributed by atoms with E-state index in [9.17, 15) is 18.0 Å². The maximum Gasteiger partial charge on any atom is 0.262 e. The fourth-order valence-corrected chi connectivity index (χ4v) is 4.94. The number of hydrogen-bond acceptors (Lipinski definition) is 5. The average Bonchev–Trinajstić information content (AvgIpc) is 2.83. The smallest absolute Gasteiger partial charge is 0.262 e. The van der Waals surface area contributed by atoms with Crippen LogP contribution in [-0.4, -0.2) is 45.3 Å². The number of rotatable bonds is 9. The SMILES string of the molecule is CCN(CC(=O)Nc1cccc(OC)c1)C(=O)c1ccccc1NS(=O)(=O)c1cc(C)ccc1C. The number of nitrogens with one attached hydrogen (secondary N) is 2. The highest BCUT2D eigenvalue weighted by atomic mass is 32.2. The van der Waals surface area contributed by atoms with Gasteiger partial charge in [-0.25, -0.2) is 8.42 Å². The van der Waals surface area contributed by atoms with Gasteiger partial charge in [0.1, 0.15) is 12.3 Å². The Morgan fingerprint density at radius 3 is 2.43 bits per heavy atom. The van der Waals surface area contributed by atoms with Gasteiger partial charge in [0.15, 0.2) is 0 Å². The molecule has 2 N–H and O–H groups in total. The summed E-state index contributed by atoms with van der Waals surface area (Å²) in [7, 11) is -2.41. The molecule has 0 bridgehead atoms. The molecule has 0 aliphatic carbocycles. The second kappa shape index (κ2) is 11.1. The van der Waals surface area contributed by atoms with E-state index in [1.54, 1.807) is 62.4 Å². The fraction of sp³-hybridized carbons (Fsp3) is 0.231. The maximum atomic E-state index is 13.3. The van der Waals surface area contributed by atoms with E-state index >= 15 is 0 Å². The highest BCUT2D eigenvalue weighted by Gasteiger charge is 2.24. The monoisotopic (exact) mass is 495 g/mol. The molecule has 3 aromatic carbocycles. The summed E-state index contributed by atoms with van der Waals surface area (Å²) < 4.78 is 33.9. The summed E-state index contributed by atoms with van der Waals surface area (Å²) in [5.41, 5.74) is 2.23. The molecule has 0 unspecified atom stereocenters. The molecule has 0 atom stereocenters. The number of likely N-dealkylation sites (N-methyl/N-ethyl adjacent to an activating group) is 1. The maximum absolute atomic E-state index is 13.3. The fourth-order valence-electron chi connectivity index (χ4n) is 3.53. The van der Waals surface area contributed by atoms with E-state index in [0.29, 0.717) is 17.0 Å². The van der Waals surface area contributed by atoms with Crippen LogP contribution in [0.15, 0.2) is 71.6 Å². The number of nitrogens with zero attached hydrogens (tertiary/aromatic N) is 1. The van der Waals surface area contributed by atoms with E-state index in [1.165, 1.54) is 24.1 Å². The van der Waals surface area contributed by atoms with Gasteiger partial charge in [-0.3, -0.25) is 14.3 Å². The van der Waals surface area contributed by atoms with E-state index < -0.39 is 15.9 Å². The third-order valence-electron chi connectivity index (χ3n) is 5.39. The summed E-state index contributed by atoms with van der Waals surface area (Å²) in [4.78, 5) is 27.4. The molecule has 2 amide bonds. The molecule has 0 radical (unpaired) electrons. The van der Waals surface area contributed by atoms with Crippen LogP contribution in [0.5, 0.6) is 5.75 Å². The lowest BCUT2D eigenvalue weighted by Gasteiger charge is -2.22. The molecule has 0 aliphatic rings. The van der Waals surface area contributed by atoms with Crippen molar-refractivity contribution >= 4 is 33.2 Å². The van der Waals surface area contributed by atoms with Crippen LogP contribution in [0, 0.1) is 13.8 Å². The summed E-state index contributed by atoms with van der Waals surface area (Å²) in [6.07, 6.45) is 0. The number of anilines is 2. The molecule has 184 valence electrons. The zero-order valence-electron chi connectivity index (χ0n) is 20.2. The van der Waals surface area contributed by atoms with Gasteiger partial charge in [-0.05, 0) is 62.2 Å². The number of hydrogen-bond donors (Lipinski definition) is 2. The zero-order valence-corrected chi connectivity index (χ0v) is 21.0. The highest BCUT2D eigenvalue weighted by Crippen LogP contribution is 2.24. The number of methoxy groups -OCH3 is 1. The van der Waals surface area contributed by atoms with Crippen LogP contribution in [0.3, 0.4) is 0 Å². The summed E-state index contributed by atoms with van der Waals surface area (Å²) in [5, 5.41) is 2.75. The Kier molecular flexibility index (Phi) is 8.14. The second-order valence-electron chi connectivity index (χ2n) is 8.02. The molecule has 3 rings (SSSR count). The average molecular weight is 496 g/mol. The minimum absolute atomic E-state index is 0.143. The molecule has 0 spiro atoms. The standard InChI is InChI=1S/C26H29N3O5S/c1-5-29(17-25(30)27-20-9-8-10-21(16-20)34-4)26(31)22-11-6-7-12-23(22)28-35(32,33)24-15-18(2)13-14-19(24)3/h6-16,28H,5,17H2,1-4H3,(H,27,30). The molecule has 0 fully saturated rings. The number of para-hydroxylation sites is 1. The van der Waals surface area contributed by atoms with Crippen molar-refractivity contribution in [2.24, 2.45) is 0 Å². The first-order valence-corrected chi connectivity index (χ1v) is 12.5. The summed E-state index contributed by atoms with van der Waals surface area (Å²) in [5.74, 6) is -0.259. The predicted molar refractivity (Wildman–Crippen MR) is 136 cm³/mol. The lowest BCUT2D eigenvalue weighted by Crippen LogP contribution is -2.38. The quantitative estimate of drug-likeness (QED) is 0.463. The summed E-state index contributed by atoms with van der Waals surface area (Å²) >= 11 is 0. The molecule has 0 saturated heterocycles. The molecule has 3 aromatic rings. The molecular weight excluding hydrogens is 466 g/mol. The predicted octanol–water partition coefficient (Wildman–Crippen LogP) is 4.21. The first-order valence-electron chi connectivity index (χ1n) is 11.1. The third-order valence-corrected chi connectivity index (χ3v) is 6.90. The van der Waals surface area contributed by atoms with Crippen molar-refractivity contribution in [2.45, 2.75) is 25.7 Å². The number of benzene rings is 3. The number of ether oxygens (including phenoxy) is 1. The topological polar surface area (TPSA) is 105 Å². The number of sulfonamides is 1. The van der Waals surface area contributed by atoms with Gasteiger partial charge in [-0.2, -0.15) is 0 Å². The van der Waals surface area contributed by atoms with E-state index in [-0.39, 0.29) is 35.1 Å². The number of carbonyl (C=O) groups excluding carboxylic acids is 2. The number of amides is 2. The molecular formula is C26H29N3O5S. The Hall–Kier alpha value is -3.85. The third kappa shape index (κ3) is 6.39. The van der Waals surface area contributed by atoms with Crippen LogP contribution in [-0.2, 0) is 14.8 Å². The lowest BCUT2D eigenvalue weighted by atomic mass is 10.1. The Bertz CT molecular complexity index is 1340. The minimum atomic E-state index is -3.94. The van der Waals surface area contributed by atoms with E-state index in [1.807, 2.05) is 13.0 Å². The number of carbonyl (C=O) groups is 2. The van der Waals surface area contributed by atoms with Crippen LogP contribution in [0.2, 0.25) is 0 Å². The Morgan fingerprint density at radius 2 is 1.71 bits per heavy atom. The van der Waals surface area contributed by atoms with Crippen molar-refractivity contribution in [3.05, 3.63) is 83.4 Å². The van der Waals surface area contributed by atoms with Crippen molar-refractivity contribution in [3.63, 3.8) is 0 Å². The van der Waals surface area contributed by atoms with E-state index in [2.05, 4.69) is 10.0 Å². The van der Waals surface area contributed by atoms with Gasteiger partial charge in [-0.1, -0.05) is 30.3 Å². The first-order chi connectivity index (χ1) is 16.6. The molecule has 0 aliphatic heterocycles. The molecule has 8 nitrogen and oxygen atoms in total. The lowest BCUT2D eigenvalue weighted by molar-refractivity contribution is -0.116. The van der Waals surface area contributed by atoms with Crippen molar-refractivity contribution in [1.29, 1.82) is 0 Å². The molecule has 0 aromatic heterocycles. The largest absolute Gasteiger partial charge is 0.497 e. The van der Waals surface area contributed by atoms with Crippen molar-refractivity contribution in [1.82, 2.24) is 4.90 Å². The second-order valence-corrected chi connectivity index (χ2v) is 9.67. The van der Waals surface area contributed by atoms with Crippen LogP contribution in [0.4, 0.5) is 11.4 Å². The molecule has 0 saturated carbocycles. The minimum Gasteiger partial charge on any atom is -0.497 e. The summed E-state index contributed by atoms with van der Waals surface area (Å²) in [6, 6.07) is 18.4. The van der Waals surface area contributed by atoms with Gasteiger partial charge in [0.05, 0.1) is 23.3 Å². The van der Waals surface area contributed by atoms with Crippen LogP contribution >= 0.6 is 0 Å². The molecule has 35 heavy (non-hydrogen) atoms. The Labute approximate surface area is 206 Å². The van der Waals surface area contributed by atoms with Gasteiger partial charge in [0.25, 0.3) is 15.9 Å². The van der Waals surface area contributed by atoms with Gasteiger partial charge in [0, 0.05) is 18.3 Å². The zero-order chi connectivity index (χ0) is 25.6. The van der Waals surface area contributed by atoms with Crippen LogP contribution < -0.4 is 14.8 Å². The normalized spacial score (nSPS) is 11.0. The van der Waals surface area contributed by atoms with Crippen LogP contribution in [0.1, 0.15) is 28.4 Å². The molecule has 9 heteroatoms. The molecule has 0 heterocycles. The van der Waals surface area contributed by atoms with Crippen LogP contribution in [0.25, 0.3) is 0 Å². The van der Waals surface area contributed by atoms with Gasteiger partial charge >= 0.3 is 0 Å². The number of aryl methyl sites for hydroxylation is 2. The van der Waals surface area contributed by atoms with E-state index in [0.717, 1.165) is 5.56 Å². The Balaban J connectivity index is 1.81. The van der Waals surface area contributed by atoms with Crippen molar-refractivity contribution in [2.75, 3.05) is 30.2 Å². The summed E-state index contributed by atoms with van der Waals surface area (Å²) in [6.45, 7) is 5.32. The Morgan fingerprint density at radius 1 is 0.971 bits per heavy atom. The highest BCUT2D eigenvalue weighted by molar-refractivity contribution is 7.92. The van der Waals surface area contributed by atoms with Gasteiger partial charge in [-0.15, -0.1) is 0 Å². The van der Waals surface area contributed by atoms with Crippen molar-refractivity contribution in [3.8, 4) is 5.75 Å². The van der Waals surface area contributed by atoms with Gasteiger partial charge in [0.2, 0.25) is 5.91 Å².